The first kappa shape index (κ1) is 23.2. The summed E-state index contributed by atoms with van der Waals surface area (Å²) < 4.78 is 23.4. The van der Waals surface area contributed by atoms with Crippen LogP contribution in [0, 0.1) is 13.8 Å². The van der Waals surface area contributed by atoms with Crippen LogP contribution in [0.5, 0.6) is 0 Å². The van der Waals surface area contributed by atoms with Gasteiger partial charge in [0.15, 0.2) is 0 Å². The first-order valence-electron chi connectivity index (χ1n) is 9.75. The van der Waals surface area contributed by atoms with Crippen LogP contribution in [0.15, 0.2) is 41.3 Å². The molecule has 8 nitrogen and oxygen atoms in total. The highest BCUT2D eigenvalue weighted by Crippen LogP contribution is 2.23. The summed E-state index contributed by atoms with van der Waals surface area (Å²) in [7, 11) is -3.87. The fourth-order valence-electron chi connectivity index (χ4n) is 3.43. The molecule has 0 unspecified atom stereocenters. The van der Waals surface area contributed by atoms with Crippen molar-refractivity contribution in [2.24, 2.45) is 5.14 Å². The minimum atomic E-state index is -3.87. The van der Waals surface area contributed by atoms with E-state index in [1.165, 1.54) is 12.1 Å². The van der Waals surface area contributed by atoms with Crippen LogP contribution >= 0.6 is 11.6 Å². The molecule has 0 bridgehead atoms. The fraction of sp³-hybridized carbons (Fsp3) is 0.333. The molecule has 166 valence electrons. The maximum Gasteiger partial charge on any atom is 0.253 e. The van der Waals surface area contributed by atoms with Gasteiger partial charge >= 0.3 is 0 Å². The Morgan fingerprint density at radius 1 is 1.10 bits per heavy atom. The van der Waals surface area contributed by atoms with Gasteiger partial charge < -0.3 is 10.2 Å². The summed E-state index contributed by atoms with van der Waals surface area (Å²) >= 11 is 5.97. The molecule has 2 amide bonds. The quantitative estimate of drug-likeness (QED) is 0.702. The van der Waals surface area contributed by atoms with E-state index in [0.717, 1.165) is 11.1 Å². The lowest BCUT2D eigenvalue weighted by Gasteiger charge is -2.34. The smallest absolute Gasteiger partial charge is 0.253 e. The number of hydrogen-bond donors (Lipinski definition) is 2. The number of aryl methyl sites for hydroxylation is 1. The summed E-state index contributed by atoms with van der Waals surface area (Å²) in [6, 6.07) is 9.69. The number of nitrogens with two attached hydrogens (primary N) is 1. The summed E-state index contributed by atoms with van der Waals surface area (Å²) in [6.07, 6.45) is 0. The van der Waals surface area contributed by atoms with Crippen LogP contribution in [0.1, 0.15) is 21.5 Å². The maximum atomic E-state index is 12.6. The Morgan fingerprint density at radius 2 is 1.77 bits per heavy atom. The summed E-state index contributed by atoms with van der Waals surface area (Å²) in [5, 5.41) is 8.52. The zero-order valence-corrected chi connectivity index (χ0v) is 19.0. The second-order valence-corrected chi connectivity index (χ2v) is 9.58. The van der Waals surface area contributed by atoms with Crippen LogP contribution in [0.2, 0.25) is 5.02 Å². The van der Waals surface area contributed by atoms with Gasteiger partial charge in [-0.3, -0.25) is 14.5 Å². The topological polar surface area (TPSA) is 113 Å². The van der Waals surface area contributed by atoms with Gasteiger partial charge in [-0.05, 0) is 55.3 Å². The van der Waals surface area contributed by atoms with Crippen molar-refractivity contribution in [3.05, 3.63) is 58.1 Å². The molecule has 2 aromatic carbocycles. The van der Waals surface area contributed by atoms with Crippen molar-refractivity contribution in [3.8, 4) is 0 Å². The number of rotatable bonds is 5. The van der Waals surface area contributed by atoms with Crippen molar-refractivity contribution >= 4 is 39.1 Å². The third-order valence-electron chi connectivity index (χ3n) is 5.34. The van der Waals surface area contributed by atoms with Gasteiger partial charge in [0.05, 0.1) is 11.4 Å². The van der Waals surface area contributed by atoms with Crippen LogP contribution in [-0.2, 0) is 14.8 Å². The number of benzene rings is 2. The van der Waals surface area contributed by atoms with Gasteiger partial charge in [0.2, 0.25) is 15.9 Å². The number of nitrogens with zero attached hydrogens (tertiary/aromatic N) is 2. The minimum absolute atomic E-state index is 0.0426. The van der Waals surface area contributed by atoms with Gasteiger partial charge in [0.1, 0.15) is 0 Å². The molecule has 31 heavy (non-hydrogen) atoms. The molecule has 0 radical (unpaired) electrons. The number of halogens is 1. The lowest BCUT2D eigenvalue weighted by Crippen LogP contribution is -2.50. The fourth-order valence-corrected chi connectivity index (χ4v) is 4.24. The predicted molar refractivity (Wildman–Crippen MR) is 120 cm³/mol. The number of nitrogens with one attached hydrogen (secondary N) is 1. The number of sulfonamides is 1. The molecule has 1 saturated heterocycles. The van der Waals surface area contributed by atoms with Crippen molar-refractivity contribution in [2.45, 2.75) is 18.7 Å². The van der Waals surface area contributed by atoms with E-state index in [9.17, 15) is 18.0 Å². The van der Waals surface area contributed by atoms with Crippen LogP contribution < -0.4 is 10.5 Å². The van der Waals surface area contributed by atoms with E-state index in [1.54, 1.807) is 43.0 Å². The average Bonchev–Trinajstić information content (AvgIpc) is 2.70. The van der Waals surface area contributed by atoms with Crippen molar-refractivity contribution in [1.82, 2.24) is 9.80 Å². The zero-order valence-electron chi connectivity index (χ0n) is 17.4. The summed E-state index contributed by atoms with van der Waals surface area (Å²) in [5.74, 6) is -0.346. The number of primary sulfonamides is 1. The predicted octanol–water partition coefficient (Wildman–Crippen LogP) is 2.00. The zero-order chi connectivity index (χ0) is 22.8. The van der Waals surface area contributed by atoms with Gasteiger partial charge in [-0.25, -0.2) is 13.6 Å². The Bertz CT molecular complexity index is 1110. The van der Waals surface area contributed by atoms with E-state index in [-0.39, 0.29) is 23.3 Å². The molecule has 1 fully saturated rings. The highest BCUT2D eigenvalue weighted by Gasteiger charge is 2.24. The lowest BCUT2D eigenvalue weighted by atomic mass is 10.1. The molecule has 0 saturated carbocycles. The Morgan fingerprint density at radius 3 is 2.39 bits per heavy atom. The standard InChI is InChI=1S/C21H25ClN4O4S/c1-14-10-18(31(23,29)30)12-19(15(14)2)24-20(27)13-25-6-8-26(9-7-25)21(28)16-4-3-5-17(22)11-16/h3-5,10-12H,6-9,13H2,1-2H3,(H,24,27)(H2,23,29,30). The van der Waals surface area contributed by atoms with Gasteiger partial charge in [0, 0.05) is 42.5 Å². The highest BCUT2D eigenvalue weighted by atomic mass is 35.5. The van der Waals surface area contributed by atoms with Gasteiger partial charge in [-0.2, -0.15) is 0 Å². The first-order valence-corrected chi connectivity index (χ1v) is 11.7. The van der Waals surface area contributed by atoms with Crippen LogP contribution in [0.25, 0.3) is 0 Å². The Labute approximate surface area is 187 Å². The van der Waals surface area contributed by atoms with E-state index < -0.39 is 10.0 Å². The van der Waals surface area contributed by atoms with Crippen molar-refractivity contribution in [1.29, 1.82) is 0 Å². The molecular weight excluding hydrogens is 440 g/mol. The molecule has 0 aromatic heterocycles. The molecule has 1 aliphatic heterocycles. The minimum Gasteiger partial charge on any atom is -0.336 e. The number of anilines is 1. The largest absolute Gasteiger partial charge is 0.336 e. The van der Waals surface area contributed by atoms with Gasteiger partial charge in [-0.1, -0.05) is 17.7 Å². The Kier molecular flexibility index (Phi) is 7.00. The van der Waals surface area contributed by atoms with Gasteiger partial charge in [0.25, 0.3) is 5.91 Å². The lowest BCUT2D eigenvalue weighted by molar-refractivity contribution is -0.117. The normalized spacial score (nSPS) is 15.0. The van der Waals surface area contributed by atoms with E-state index in [1.807, 2.05) is 4.90 Å². The average molecular weight is 465 g/mol. The monoisotopic (exact) mass is 464 g/mol. The second-order valence-electron chi connectivity index (χ2n) is 7.58. The SMILES string of the molecule is Cc1cc(S(N)(=O)=O)cc(NC(=O)CN2CCN(C(=O)c3cccc(Cl)c3)CC2)c1C. The number of amides is 2. The van der Waals surface area contributed by atoms with E-state index >= 15 is 0 Å². The second kappa shape index (κ2) is 9.35. The number of hydrogen-bond acceptors (Lipinski definition) is 5. The Hall–Kier alpha value is -2.46. The number of carbonyl (C=O) groups is 2. The van der Waals surface area contributed by atoms with Crippen molar-refractivity contribution in [2.75, 3.05) is 38.0 Å². The Balaban J connectivity index is 1.58. The first-order chi connectivity index (χ1) is 14.5. The van der Waals surface area contributed by atoms with E-state index in [2.05, 4.69) is 5.32 Å². The van der Waals surface area contributed by atoms with E-state index in [4.69, 9.17) is 16.7 Å². The molecule has 0 spiro atoms. The summed E-state index contributed by atoms with van der Waals surface area (Å²) in [6.45, 7) is 5.80. The molecule has 1 heterocycles. The highest BCUT2D eigenvalue weighted by molar-refractivity contribution is 7.89. The van der Waals surface area contributed by atoms with Gasteiger partial charge in [-0.15, -0.1) is 0 Å². The molecule has 1 aliphatic rings. The van der Waals surface area contributed by atoms with Crippen LogP contribution in [0.3, 0.4) is 0 Å². The molecule has 3 N–H and O–H groups in total. The van der Waals surface area contributed by atoms with Crippen molar-refractivity contribution < 1.29 is 18.0 Å². The number of carbonyl (C=O) groups excluding carboxylic acids is 2. The molecular formula is C21H25ClN4O4S. The van der Waals surface area contributed by atoms with Crippen LogP contribution in [0.4, 0.5) is 5.69 Å². The summed E-state index contributed by atoms with van der Waals surface area (Å²) in [4.78, 5) is 28.8. The van der Waals surface area contributed by atoms with Crippen LogP contribution in [-0.4, -0.2) is 62.8 Å². The molecule has 10 heteroatoms. The maximum absolute atomic E-state index is 12.6. The molecule has 3 rings (SSSR count). The third kappa shape index (κ3) is 5.82. The molecule has 2 aromatic rings. The third-order valence-corrected chi connectivity index (χ3v) is 6.47. The number of piperazine rings is 1. The molecule has 0 atom stereocenters. The van der Waals surface area contributed by atoms with Crippen molar-refractivity contribution in [3.63, 3.8) is 0 Å². The van der Waals surface area contributed by atoms with E-state index in [0.29, 0.717) is 42.5 Å². The molecule has 0 aliphatic carbocycles. The summed E-state index contributed by atoms with van der Waals surface area (Å²) in [5.41, 5.74) is 2.45.